The van der Waals surface area contributed by atoms with E-state index in [1.807, 2.05) is 48.5 Å². The van der Waals surface area contributed by atoms with E-state index in [0.29, 0.717) is 40.2 Å². The van der Waals surface area contributed by atoms with Crippen molar-refractivity contribution in [2.45, 2.75) is 24.4 Å². The fourth-order valence-corrected chi connectivity index (χ4v) is 5.52. The number of imidazole rings is 1. The molecule has 2 aliphatic heterocycles. The number of hydrogen-bond donors (Lipinski definition) is 2. The fraction of sp³-hybridized carbons (Fsp3) is 0.308. The summed E-state index contributed by atoms with van der Waals surface area (Å²) in [4.78, 5) is 12.3. The summed E-state index contributed by atoms with van der Waals surface area (Å²) in [7, 11) is -2.20. The minimum absolute atomic E-state index is 0.233. The lowest BCUT2D eigenvalue weighted by Crippen LogP contribution is -2.34. The van der Waals surface area contributed by atoms with Crippen molar-refractivity contribution in [2.75, 3.05) is 25.7 Å². The van der Waals surface area contributed by atoms with Crippen LogP contribution in [0.5, 0.6) is 6.01 Å². The second-order valence-corrected chi connectivity index (χ2v) is 12.4. The number of aromatic nitrogens is 3. The van der Waals surface area contributed by atoms with Gasteiger partial charge in [0.25, 0.3) is 6.01 Å². The number of fused-ring (bicyclic) bond motifs is 2. The average Bonchev–Trinajstić information content (AvgIpc) is 3.55. The van der Waals surface area contributed by atoms with Gasteiger partial charge < -0.3 is 24.3 Å². The van der Waals surface area contributed by atoms with Crippen LogP contribution in [0, 0.1) is 0 Å². The molecule has 0 amide bonds. The molecular weight excluding hydrogens is 516 g/mol. The van der Waals surface area contributed by atoms with Crippen molar-refractivity contribution in [3.8, 4) is 28.4 Å². The van der Waals surface area contributed by atoms with E-state index in [9.17, 15) is 9.32 Å². The van der Waals surface area contributed by atoms with Crippen LogP contribution < -0.4 is 4.74 Å². The summed E-state index contributed by atoms with van der Waals surface area (Å²) >= 11 is 6.58. The number of ether oxygens (including phenoxy) is 3. The zero-order chi connectivity index (χ0) is 25.7. The number of aromatic amines is 1. The number of H-pyrrole nitrogens is 1. The molecule has 6 rings (SSSR count). The molecule has 0 saturated carbocycles. The normalized spacial score (nSPS) is 23.4. The van der Waals surface area contributed by atoms with Gasteiger partial charge in [-0.3, -0.25) is 0 Å². The lowest BCUT2D eigenvalue weighted by molar-refractivity contribution is 0.00706. The Morgan fingerprint density at radius 2 is 1.65 bits per heavy atom. The number of nitrogens with one attached hydrogen (secondary N) is 1. The third kappa shape index (κ3) is 4.95. The third-order valence-corrected chi connectivity index (χ3v) is 7.27. The molecule has 2 saturated heterocycles. The maximum Gasteiger partial charge on any atom is 0.296 e. The van der Waals surface area contributed by atoms with Crippen molar-refractivity contribution in [1.82, 2.24) is 15.0 Å². The van der Waals surface area contributed by atoms with Crippen molar-refractivity contribution >= 4 is 38.2 Å². The summed E-state index contributed by atoms with van der Waals surface area (Å²) in [5, 5.41) is 10.4. The summed E-state index contributed by atoms with van der Waals surface area (Å²) in [6.45, 7) is 0.542. The molecule has 0 bridgehead atoms. The van der Waals surface area contributed by atoms with Crippen LogP contribution in [0.1, 0.15) is 0 Å². The minimum Gasteiger partial charge on any atom is -0.456 e. The van der Waals surface area contributed by atoms with Crippen LogP contribution >= 0.6 is 11.6 Å². The molecule has 2 fully saturated rings. The molecule has 2 aromatic carbocycles. The van der Waals surface area contributed by atoms with Crippen LogP contribution in [-0.4, -0.2) is 74.4 Å². The lowest BCUT2D eigenvalue weighted by atomic mass is 10.0. The molecule has 192 valence electrons. The van der Waals surface area contributed by atoms with Gasteiger partial charge in [0.1, 0.15) is 18.3 Å². The molecule has 0 radical (unpaired) electrons. The van der Waals surface area contributed by atoms with E-state index in [4.69, 9.17) is 25.8 Å². The molecule has 4 aromatic rings. The number of pyridine rings is 1. The molecular formula is C26H25ClN4O5S. The number of rotatable bonds is 5. The Morgan fingerprint density at radius 1 is 1.00 bits per heavy atom. The van der Waals surface area contributed by atoms with Gasteiger partial charge in [-0.2, -0.15) is 9.35 Å². The molecule has 4 unspecified atom stereocenters. The molecule has 9 nitrogen and oxygen atoms in total. The summed E-state index contributed by atoms with van der Waals surface area (Å²) < 4.78 is 33.3. The van der Waals surface area contributed by atoms with Crippen LogP contribution in [0.25, 0.3) is 33.5 Å². The van der Waals surface area contributed by atoms with Crippen LogP contribution in [0.2, 0.25) is 5.02 Å². The molecule has 0 aliphatic carbocycles. The zero-order valence-electron chi connectivity index (χ0n) is 20.1. The second-order valence-electron chi connectivity index (χ2n) is 9.45. The minimum atomic E-state index is -2.20. The molecule has 2 aromatic heterocycles. The van der Waals surface area contributed by atoms with Crippen LogP contribution in [-0.2, 0) is 19.2 Å². The highest BCUT2D eigenvalue weighted by molar-refractivity contribution is 7.92. The van der Waals surface area contributed by atoms with Gasteiger partial charge in [0.05, 0.1) is 35.1 Å². The van der Waals surface area contributed by atoms with Gasteiger partial charge in [-0.1, -0.05) is 48.0 Å². The van der Waals surface area contributed by atoms with Crippen molar-refractivity contribution in [2.24, 2.45) is 4.36 Å². The van der Waals surface area contributed by atoms with E-state index in [0.717, 1.165) is 16.7 Å². The Bertz CT molecular complexity index is 1570. The van der Waals surface area contributed by atoms with Gasteiger partial charge in [0, 0.05) is 27.8 Å². The summed E-state index contributed by atoms with van der Waals surface area (Å²) in [6, 6.07) is 17.6. The average molecular weight is 541 g/mol. The van der Waals surface area contributed by atoms with Gasteiger partial charge >= 0.3 is 0 Å². The SMILES string of the molecule is CS(C)(=O)=Nc1ccc(-c2ccc(-c3nc4nc(OC5COC6C(O)COC56)[nH]c4cc3Cl)cc2)cc1. The number of nitrogens with zero attached hydrogens (tertiary/aromatic N) is 3. The van der Waals surface area contributed by atoms with Gasteiger partial charge in [0.15, 0.2) is 11.8 Å². The van der Waals surface area contributed by atoms with Gasteiger partial charge in [-0.05, 0) is 29.3 Å². The fourth-order valence-electron chi connectivity index (χ4n) is 4.63. The third-order valence-electron chi connectivity index (χ3n) is 6.33. The van der Waals surface area contributed by atoms with E-state index in [1.54, 1.807) is 18.6 Å². The summed E-state index contributed by atoms with van der Waals surface area (Å²) in [5.74, 6) is 0. The smallest absolute Gasteiger partial charge is 0.296 e. The molecule has 4 atom stereocenters. The number of benzene rings is 2. The lowest BCUT2D eigenvalue weighted by Gasteiger charge is -2.15. The van der Waals surface area contributed by atoms with Gasteiger partial charge in [-0.25, -0.2) is 9.19 Å². The maximum absolute atomic E-state index is 11.9. The van der Waals surface area contributed by atoms with Crippen molar-refractivity contribution in [1.29, 1.82) is 0 Å². The number of aliphatic hydroxyl groups excluding tert-OH is 1. The van der Waals surface area contributed by atoms with Crippen molar-refractivity contribution in [3.05, 3.63) is 59.6 Å². The highest BCUT2D eigenvalue weighted by Gasteiger charge is 2.48. The first-order chi connectivity index (χ1) is 17.7. The Labute approximate surface area is 219 Å². The first-order valence-corrected chi connectivity index (χ1v) is 14.5. The first kappa shape index (κ1) is 24.3. The Kier molecular flexibility index (Phi) is 6.16. The van der Waals surface area contributed by atoms with E-state index in [-0.39, 0.29) is 24.9 Å². The van der Waals surface area contributed by atoms with Crippen molar-refractivity contribution in [3.63, 3.8) is 0 Å². The largest absolute Gasteiger partial charge is 0.456 e. The molecule has 0 spiro atoms. The van der Waals surface area contributed by atoms with E-state index in [2.05, 4.69) is 19.3 Å². The Balaban J connectivity index is 1.22. The number of aliphatic hydroxyl groups is 1. The summed E-state index contributed by atoms with van der Waals surface area (Å²) in [6.07, 6.45) is 1.50. The van der Waals surface area contributed by atoms with E-state index < -0.39 is 15.8 Å². The molecule has 2 aliphatic rings. The molecule has 11 heteroatoms. The van der Waals surface area contributed by atoms with Gasteiger partial charge in [0.2, 0.25) is 0 Å². The molecule has 37 heavy (non-hydrogen) atoms. The van der Waals surface area contributed by atoms with E-state index in [1.165, 1.54) is 0 Å². The number of halogens is 1. The quantitative estimate of drug-likeness (QED) is 0.389. The Hall–Kier alpha value is -3.02. The second kappa shape index (κ2) is 9.38. The number of hydrogen-bond acceptors (Lipinski definition) is 8. The van der Waals surface area contributed by atoms with Gasteiger partial charge in [-0.15, -0.1) is 0 Å². The van der Waals surface area contributed by atoms with Crippen LogP contribution in [0.3, 0.4) is 0 Å². The van der Waals surface area contributed by atoms with Crippen LogP contribution in [0.15, 0.2) is 59.0 Å². The predicted octanol–water partition coefficient (Wildman–Crippen LogP) is 4.21. The maximum atomic E-state index is 11.9. The zero-order valence-corrected chi connectivity index (χ0v) is 21.7. The topological polar surface area (TPSA) is 119 Å². The highest BCUT2D eigenvalue weighted by atomic mass is 35.5. The first-order valence-electron chi connectivity index (χ1n) is 11.8. The van der Waals surface area contributed by atoms with Crippen molar-refractivity contribution < 1.29 is 23.5 Å². The molecule has 2 N–H and O–H groups in total. The van der Waals surface area contributed by atoms with E-state index >= 15 is 0 Å². The summed E-state index contributed by atoms with van der Waals surface area (Å²) in [5.41, 5.74) is 5.32. The molecule has 4 heterocycles. The Morgan fingerprint density at radius 3 is 2.35 bits per heavy atom. The standard InChI is InChI=1S/C26H25ClN4O5S/c1-37(2,33)31-17-9-7-15(8-10-17)14-3-5-16(6-4-14)22-18(27)11-19-25(29-22)30-26(28-19)36-21-13-35-23-20(32)12-34-24(21)23/h3-11,20-21,23-24,32H,12-13H2,1-2H3,(H,28,29,30). The van der Waals surface area contributed by atoms with Crippen LogP contribution in [0.4, 0.5) is 5.69 Å². The predicted molar refractivity (Wildman–Crippen MR) is 142 cm³/mol. The monoisotopic (exact) mass is 540 g/mol. The highest BCUT2D eigenvalue weighted by Crippen LogP contribution is 2.33.